The van der Waals surface area contributed by atoms with E-state index in [9.17, 15) is 22.9 Å². The SMILES string of the molecule is Cc1nc(N2CCCN(c3ccc(-c4cc(F)cc5c4cc(C#N)n5C)cc3)C2=O)sc1S(N)(=O)=O. The van der Waals surface area contributed by atoms with Crippen molar-refractivity contribution in [3.8, 4) is 17.2 Å². The number of carbonyl (C=O) groups excluding carboxylic acids is 1. The van der Waals surface area contributed by atoms with Crippen molar-refractivity contribution < 1.29 is 17.6 Å². The number of anilines is 2. The maximum absolute atomic E-state index is 14.4. The molecule has 1 saturated heterocycles. The molecule has 9 nitrogen and oxygen atoms in total. The van der Waals surface area contributed by atoms with Gasteiger partial charge in [0, 0.05) is 31.2 Å². The van der Waals surface area contributed by atoms with Crippen molar-refractivity contribution in [3.63, 3.8) is 0 Å². The molecule has 1 fully saturated rings. The Hall–Kier alpha value is -3.79. The van der Waals surface area contributed by atoms with E-state index >= 15 is 0 Å². The lowest BCUT2D eigenvalue weighted by atomic mass is 10.0. The summed E-state index contributed by atoms with van der Waals surface area (Å²) in [6, 6.07) is 13.5. The van der Waals surface area contributed by atoms with Crippen LogP contribution in [0.2, 0.25) is 0 Å². The highest BCUT2D eigenvalue weighted by molar-refractivity contribution is 7.91. The van der Waals surface area contributed by atoms with Crippen LogP contribution in [0.1, 0.15) is 17.8 Å². The number of sulfonamides is 1. The molecule has 0 radical (unpaired) electrons. The number of hydrogen-bond acceptors (Lipinski definition) is 6. The summed E-state index contributed by atoms with van der Waals surface area (Å²) in [5.74, 6) is -0.410. The Kier molecular flexibility index (Phi) is 5.78. The molecule has 1 aliphatic heterocycles. The Labute approximate surface area is 210 Å². The van der Waals surface area contributed by atoms with Crippen LogP contribution in [0.15, 0.2) is 46.7 Å². The second-order valence-electron chi connectivity index (χ2n) is 8.49. The monoisotopic (exact) mass is 524 g/mol. The first-order chi connectivity index (χ1) is 17.1. The van der Waals surface area contributed by atoms with E-state index in [1.807, 2.05) is 12.1 Å². The van der Waals surface area contributed by atoms with Gasteiger partial charge in [0.05, 0.1) is 11.2 Å². The van der Waals surface area contributed by atoms with Crippen LogP contribution in [-0.2, 0) is 17.1 Å². The fourth-order valence-corrected chi connectivity index (χ4v) is 6.42. The average molecular weight is 525 g/mol. The molecule has 0 unspecified atom stereocenters. The highest BCUT2D eigenvalue weighted by Gasteiger charge is 2.31. The molecule has 184 valence electrons. The Bertz CT molecular complexity index is 1670. The standard InChI is InChI=1S/C24H21FN6O3S2/c1-14-22(36(27,33)34)35-23(28-14)31-9-3-8-30(24(31)32)17-6-4-15(5-7-17)19-10-16(25)11-21-20(19)12-18(13-26)29(21)2/h4-7,10-12H,3,8-9H2,1-2H3,(H2,27,33,34). The van der Waals surface area contributed by atoms with Crippen molar-refractivity contribution in [2.45, 2.75) is 17.6 Å². The van der Waals surface area contributed by atoms with Gasteiger partial charge >= 0.3 is 6.03 Å². The molecule has 5 rings (SSSR count). The first kappa shape index (κ1) is 23.9. The first-order valence-electron chi connectivity index (χ1n) is 11.0. The summed E-state index contributed by atoms with van der Waals surface area (Å²) in [4.78, 5) is 20.6. The normalized spacial score (nSPS) is 14.5. The number of rotatable bonds is 4. The van der Waals surface area contributed by atoms with Crippen LogP contribution in [0.25, 0.3) is 22.0 Å². The van der Waals surface area contributed by atoms with E-state index < -0.39 is 15.8 Å². The van der Waals surface area contributed by atoms with Gasteiger partial charge in [-0.1, -0.05) is 23.5 Å². The van der Waals surface area contributed by atoms with Crippen LogP contribution in [0, 0.1) is 24.1 Å². The topological polar surface area (TPSA) is 125 Å². The summed E-state index contributed by atoms with van der Waals surface area (Å²) in [6.45, 7) is 2.43. The number of aromatic nitrogens is 2. The molecule has 4 aromatic rings. The number of fused-ring (bicyclic) bond motifs is 1. The third-order valence-electron chi connectivity index (χ3n) is 6.19. The molecule has 0 bridgehead atoms. The maximum Gasteiger partial charge on any atom is 0.330 e. The quantitative estimate of drug-likeness (QED) is 0.430. The largest absolute Gasteiger partial charge is 0.335 e. The van der Waals surface area contributed by atoms with Gasteiger partial charge in [0.1, 0.15) is 17.6 Å². The lowest BCUT2D eigenvalue weighted by Crippen LogP contribution is -2.49. The Morgan fingerprint density at radius 3 is 2.47 bits per heavy atom. The van der Waals surface area contributed by atoms with Crippen molar-refractivity contribution in [2.24, 2.45) is 12.2 Å². The van der Waals surface area contributed by atoms with Gasteiger partial charge in [0.15, 0.2) is 9.34 Å². The molecule has 2 aromatic carbocycles. The number of hydrogen-bond donors (Lipinski definition) is 1. The molecule has 2 aromatic heterocycles. The predicted octanol–water partition coefficient (Wildman–Crippen LogP) is 4.11. The molecule has 3 heterocycles. The van der Waals surface area contributed by atoms with Gasteiger partial charge in [0.25, 0.3) is 0 Å². The second-order valence-corrected chi connectivity index (χ2v) is 11.2. The predicted molar refractivity (Wildman–Crippen MR) is 136 cm³/mol. The van der Waals surface area contributed by atoms with Crippen molar-refractivity contribution in [1.82, 2.24) is 9.55 Å². The van der Waals surface area contributed by atoms with Gasteiger partial charge in [-0.15, -0.1) is 0 Å². The molecular formula is C24H21FN6O3S2. The number of aryl methyl sites for hydroxylation is 2. The molecule has 0 spiro atoms. The van der Waals surface area contributed by atoms with E-state index in [1.165, 1.54) is 17.0 Å². The average Bonchev–Trinajstić information content (AvgIpc) is 3.39. The third kappa shape index (κ3) is 4.01. The van der Waals surface area contributed by atoms with Crippen molar-refractivity contribution in [1.29, 1.82) is 5.26 Å². The fraction of sp³-hybridized carbons (Fsp3) is 0.208. The summed E-state index contributed by atoms with van der Waals surface area (Å²) >= 11 is 0.875. The summed E-state index contributed by atoms with van der Waals surface area (Å²) in [6.07, 6.45) is 0.655. The van der Waals surface area contributed by atoms with Crippen LogP contribution in [-0.4, -0.2) is 37.1 Å². The van der Waals surface area contributed by atoms with Crippen molar-refractivity contribution in [2.75, 3.05) is 22.9 Å². The number of halogens is 1. The third-order valence-corrected chi connectivity index (χ3v) is 8.92. The lowest BCUT2D eigenvalue weighted by molar-refractivity contribution is 0.248. The molecule has 2 amide bonds. The minimum atomic E-state index is -3.93. The van der Waals surface area contributed by atoms with Gasteiger partial charge in [0.2, 0.25) is 10.0 Å². The Balaban J connectivity index is 1.47. The number of benzene rings is 2. The smallest absolute Gasteiger partial charge is 0.330 e. The number of urea groups is 1. The molecular weight excluding hydrogens is 503 g/mol. The Morgan fingerprint density at radius 1 is 1.14 bits per heavy atom. The van der Waals surface area contributed by atoms with Crippen LogP contribution in [0.4, 0.5) is 20.0 Å². The number of amides is 2. The number of nitrogens with two attached hydrogens (primary N) is 1. The van der Waals surface area contributed by atoms with E-state index in [1.54, 1.807) is 41.6 Å². The van der Waals surface area contributed by atoms with Crippen molar-refractivity contribution in [3.05, 3.63) is 59.7 Å². The van der Waals surface area contributed by atoms with Crippen LogP contribution < -0.4 is 14.9 Å². The van der Waals surface area contributed by atoms with Gasteiger partial charge in [-0.25, -0.2) is 27.7 Å². The maximum atomic E-state index is 14.4. The second kappa shape index (κ2) is 8.70. The lowest BCUT2D eigenvalue weighted by Gasteiger charge is -2.34. The molecule has 12 heteroatoms. The number of primary sulfonamides is 1. The van der Waals surface area contributed by atoms with Crippen LogP contribution in [0.3, 0.4) is 0 Å². The van der Waals surface area contributed by atoms with Crippen LogP contribution >= 0.6 is 11.3 Å². The first-order valence-corrected chi connectivity index (χ1v) is 13.3. The number of carbonyl (C=O) groups is 1. The number of nitriles is 1. The zero-order valence-electron chi connectivity index (χ0n) is 19.4. The zero-order chi connectivity index (χ0) is 25.8. The van der Waals surface area contributed by atoms with E-state index in [-0.39, 0.29) is 21.1 Å². The van der Waals surface area contributed by atoms with Crippen molar-refractivity contribution >= 4 is 49.1 Å². The molecule has 1 aliphatic rings. The fourth-order valence-electron chi connectivity index (χ4n) is 4.45. The molecule has 0 saturated carbocycles. The minimum Gasteiger partial charge on any atom is -0.335 e. The Morgan fingerprint density at radius 2 is 1.83 bits per heavy atom. The summed E-state index contributed by atoms with van der Waals surface area (Å²) < 4.78 is 39.6. The summed E-state index contributed by atoms with van der Waals surface area (Å²) in [7, 11) is -2.21. The molecule has 36 heavy (non-hydrogen) atoms. The highest BCUT2D eigenvalue weighted by atomic mass is 32.2. The van der Waals surface area contributed by atoms with E-state index in [0.717, 1.165) is 22.3 Å². The summed E-state index contributed by atoms with van der Waals surface area (Å²) in [5, 5.41) is 15.7. The van der Waals surface area contributed by atoms with E-state index in [0.29, 0.717) is 42.0 Å². The van der Waals surface area contributed by atoms with Gasteiger partial charge in [-0.3, -0.25) is 9.80 Å². The number of nitrogens with zero attached hydrogens (tertiary/aromatic N) is 5. The molecule has 0 atom stereocenters. The van der Waals surface area contributed by atoms with Gasteiger partial charge in [-0.05, 0) is 54.8 Å². The number of thiazole rings is 1. The van der Waals surface area contributed by atoms with Gasteiger partial charge < -0.3 is 4.57 Å². The van der Waals surface area contributed by atoms with Crippen LogP contribution in [0.5, 0.6) is 0 Å². The molecule has 2 N–H and O–H groups in total. The zero-order valence-corrected chi connectivity index (χ0v) is 21.0. The summed E-state index contributed by atoms with van der Waals surface area (Å²) in [5.41, 5.74) is 3.34. The highest BCUT2D eigenvalue weighted by Crippen LogP contribution is 2.35. The molecule has 0 aliphatic carbocycles. The van der Waals surface area contributed by atoms with Gasteiger partial charge in [-0.2, -0.15) is 5.26 Å². The minimum absolute atomic E-state index is 0.0614. The van der Waals surface area contributed by atoms with E-state index in [4.69, 9.17) is 5.14 Å². The van der Waals surface area contributed by atoms with E-state index in [2.05, 4.69) is 11.1 Å².